The van der Waals surface area contributed by atoms with Crippen molar-refractivity contribution in [2.45, 2.75) is 13.8 Å². The van der Waals surface area contributed by atoms with Gasteiger partial charge in [-0.25, -0.2) is 10.4 Å². The summed E-state index contributed by atoms with van der Waals surface area (Å²) in [6, 6.07) is 13.6. The highest BCUT2D eigenvalue weighted by molar-refractivity contribution is 14.1. The first kappa shape index (κ1) is 18.6. The number of carbonyl (C=O) groups is 1. The molecule has 1 aromatic carbocycles. The molecule has 0 saturated heterocycles. The lowest BCUT2D eigenvalue weighted by Gasteiger charge is -2.09. The van der Waals surface area contributed by atoms with Gasteiger partial charge < -0.3 is 4.57 Å². The number of benzene rings is 1. The quantitative estimate of drug-likeness (QED) is 0.260. The number of amides is 1. The van der Waals surface area contributed by atoms with Crippen molar-refractivity contribution in [2.75, 3.05) is 0 Å². The lowest BCUT2D eigenvalue weighted by atomic mass is 10.2. The largest absolute Gasteiger partial charge is 0.318 e. The number of aromatic nitrogens is 2. The first-order chi connectivity index (χ1) is 12.5. The Morgan fingerprint density at radius 2 is 2.00 bits per heavy atom. The second-order valence-corrected chi connectivity index (χ2v) is 7.28. The van der Waals surface area contributed by atoms with Gasteiger partial charge in [0.1, 0.15) is 5.15 Å². The Morgan fingerprint density at radius 1 is 1.27 bits per heavy atom. The molecule has 0 unspecified atom stereocenters. The number of rotatable bonds is 4. The van der Waals surface area contributed by atoms with Crippen LogP contribution >= 0.6 is 34.2 Å². The Balaban J connectivity index is 1.79. The summed E-state index contributed by atoms with van der Waals surface area (Å²) in [5.74, 6) is -0.397. The van der Waals surface area contributed by atoms with Crippen molar-refractivity contribution >= 4 is 46.3 Å². The summed E-state index contributed by atoms with van der Waals surface area (Å²) in [6.45, 7) is 4.06. The van der Waals surface area contributed by atoms with Gasteiger partial charge in [0.25, 0.3) is 5.91 Å². The van der Waals surface area contributed by atoms with E-state index in [1.165, 1.54) is 9.77 Å². The molecule has 0 aliphatic rings. The van der Waals surface area contributed by atoms with Gasteiger partial charge in [-0.1, -0.05) is 11.6 Å². The molecule has 0 aliphatic heterocycles. The Kier molecular flexibility index (Phi) is 5.73. The molecule has 0 atom stereocenters. The van der Waals surface area contributed by atoms with E-state index in [0.717, 1.165) is 22.6 Å². The van der Waals surface area contributed by atoms with Crippen LogP contribution in [0, 0.1) is 17.4 Å². The number of nitrogens with zero attached hydrogens (tertiary/aromatic N) is 3. The lowest BCUT2D eigenvalue weighted by Crippen LogP contribution is -2.18. The molecule has 26 heavy (non-hydrogen) atoms. The Bertz CT molecular complexity index is 980. The van der Waals surface area contributed by atoms with Crippen LogP contribution in [0.3, 0.4) is 0 Å². The van der Waals surface area contributed by atoms with Crippen LogP contribution in [0.1, 0.15) is 27.3 Å². The summed E-state index contributed by atoms with van der Waals surface area (Å²) < 4.78 is 3.34. The van der Waals surface area contributed by atoms with Gasteiger partial charge in [-0.05, 0) is 78.9 Å². The summed E-state index contributed by atoms with van der Waals surface area (Å²) in [5.41, 5.74) is 6.93. The Morgan fingerprint density at radius 3 is 2.69 bits per heavy atom. The van der Waals surface area contributed by atoms with Crippen molar-refractivity contribution in [3.63, 3.8) is 0 Å². The Hall–Kier alpha value is -2.19. The second kappa shape index (κ2) is 8.01. The zero-order chi connectivity index (χ0) is 18.7. The van der Waals surface area contributed by atoms with Gasteiger partial charge in [0.2, 0.25) is 0 Å². The predicted molar refractivity (Wildman–Crippen MR) is 112 cm³/mol. The van der Waals surface area contributed by atoms with Crippen LogP contribution in [0.5, 0.6) is 0 Å². The van der Waals surface area contributed by atoms with Crippen LogP contribution in [0.25, 0.3) is 5.69 Å². The molecule has 132 valence electrons. The molecule has 3 rings (SSSR count). The highest BCUT2D eigenvalue weighted by Gasteiger charge is 2.11. The zero-order valence-electron chi connectivity index (χ0n) is 14.2. The van der Waals surface area contributed by atoms with Crippen molar-refractivity contribution in [3.05, 3.63) is 79.9 Å². The molecule has 3 aromatic rings. The minimum absolute atomic E-state index is 0.150. The molecule has 7 heteroatoms. The third-order valence-electron chi connectivity index (χ3n) is 3.93. The Labute approximate surface area is 170 Å². The summed E-state index contributed by atoms with van der Waals surface area (Å²) in [7, 11) is 0. The first-order valence-corrected chi connectivity index (χ1v) is 9.32. The first-order valence-electron chi connectivity index (χ1n) is 7.86. The molecule has 1 N–H and O–H groups in total. The number of nitrogens with one attached hydrogen (secondary N) is 1. The van der Waals surface area contributed by atoms with Gasteiger partial charge in [-0.2, -0.15) is 5.10 Å². The van der Waals surface area contributed by atoms with E-state index in [4.69, 9.17) is 11.6 Å². The molecule has 0 fully saturated rings. The van der Waals surface area contributed by atoms with E-state index in [0.29, 0.717) is 0 Å². The van der Waals surface area contributed by atoms with E-state index in [9.17, 15) is 4.79 Å². The normalized spacial score (nSPS) is 11.1. The number of hydrazone groups is 1. The maximum Gasteiger partial charge on any atom is 0.274 e. The SMILES string of the molecule is Cc1cc(C=NNC(=O)c2cccnc2Cl)c(C)n1-c1ccc(I)cc1. The number of halogens is 2. The molecule has 1 amide bonds. The van der Waals surface area contributed by atoms with E-state index >= 15 is 0 Å². The maximum atomic E-state index is 12.1. The van der Waals surface area contributed by atoms with Gasteiger partial charge in [-0.3, -0.25) is 4.79 Å². The maximum absolute atomic E-state index is 12.1. The number of carbonyl (C=O) groups excluding carboxylic acids is 1. The number of hydrogen-bond acceptors (Lipinski definition) is 3. The summed E-state index contributed by atoms with van der Waals surface area (Å²) >= 11 is 8.20. The van der Waals surface area contributed by atoms with Crippen LogP contribution in [0.2, 0.25) is 5.15 Å². The van der Waals surface area contributed by atoms with Gasteiger partial charge in [-0.15, -0.1) is 0 Å². The third kappa shape index (κ3) is 3.96. The lowest BCUT2D eigenvalue weighted by molar-refractivity contribution is 0.0955. The van der Waals surface area contributed by atoms with Gasteiger partial charge in [0.05, 0.1) is 11.8 Å². The molecule has 0 spiro atoms. The highest BCUT2D eigenvalue weighted by Crippen LogP contribution is 2.20. The molecule has 0 saturated carbocycles. The van der Waals surface area contributed by atoms with Crippen LogP contribution in [-0.2, 0) is 0 Å². The van der Waals surface area contributed by atoms with Crippen molar-refractivity contribution in [3.8, 4) is 5.69 Å². The molecule has 0 aliphatic carbocycles. The molecular weight excluding hydrogens is 463 g/mol. The van der Waals surface area contributed by atoms with E-state index in [2.05, 4.69) is 66.9 Å². The molecule has 2 aromatic heterocycles. The third-order valence-corrected chi connectivity index (χ3v) is 4.95. The standard InChI is InChI=1S/C19H16ClIN4O/c1-12-10-14(13(2)25(12)16-7-5-15(21)6-8-16)11-23-24-19(26)17-4-3-9-22-18(17)20/h3-11H,1-2H3,(H,24,26). The van der Waals surface area contributed by atoms with Crippen LogP contribution in [0.15, 0.2) is 53.8 Å². The number of aryl methyl sites for hydroxylation is 1. The van der Waals surface area contributed by atoms with E-state index in [1.54, 1.807) is 18.3 Å². The molecule has 0 radical (unpaired) electrons. The van der Waals surface area contributed by atoms with Gasteiger partial charge >= 0.3 is 0 Å². The second-order valence-electron chi connectivity index (χ2n) is 5.68. The van der Waals surface area contributed by atoms with Crippen LogP contribution in [0.4, 0.5) is 0 Å². The number of hydrogen-bond donors (Lipinski definition) is 1. The van der Waals surface area contributed by atoms with Crippen molar-refractivity contribution < 1.29 is 4.79 Å². The molecule has 2 heterocycles. The van der Waals surface area contributed by atoms with Crippen LogP contribution < -0.4 is 5.43 Å². The smallest absolute Gasteiger partial charge is 0.274 e. The topological polar surface area (TPSA) is 59.3 Å². The minimum Gasteiger partial charge on any atom is -0.318 e. The summed E-state index contributed by atoms with van der Waals surface area (Å²) in [4.78, 5) is 16.0. The minimum atomic E-state index is -0.397. The van der Waals surface area contributed by atoms with Gasteiger partial charge in [0.15, 0.2) is 0 Å². The number of pyridine rings is 1. The fourth-order valence-corrected chi connectivity index (χ4v) is 3.25. The van der Waals surface area contributed by atoms with Crippen LogP contribution in [-0.4, -0.2) is 21.7 Å². The summed E-state index contributed by atoms with van der Waals surface area (Å²) in [6.07, 6.45) is 3.16. The highest BCUT2D eigenvalue weighted by atomic mass is 127. The van der Waals surface area contributed by atoms with E-state index in [1.807, 2.05) is 19.9 Å². The van der Waals surface area contributed by atoms with Crippen molar-refractivity contribution in [1.82, 2.24) is 15.0 Å². The van der Waals surface area contributed by atoms with Crippen molar-refractivity contribution in [2.24, 2.45) is 5.10 Å². The van der Waals surface area contributed by atoms with E-state index in [-0.39, 0.29) is 10.7 Å². The predicted octanol–water partition coefficient (Wildman–Crippen LogP) is 4.51. The summed E-state index contributed by atoms with van der Waals surface area (Å²) in [5, 5.41) is 4.21. The molecule has 5 nitrogen and oxygen atoms in total. The zero-order valence-corrected chi connectivity index (χ0v) is 17.1. The van der Waals surface area contributed by atoms with Gasteiger partial charge in [0, 0.05) is 32.4 Å². The van der Waals surface area contributed by atoms with E-state index < -0.39 is 5.91 Å². The average molecular weight is 479 g/mol. The fourth-order valence-electron chi connectivity index (χ4n) is 2.68. The monoisotopic (exact) mass is 478 g/mol. The molecular formula is C19H16ClIN4O. The average Bonchev–Trinajstić information content (AvgIpc) is 2.90. The fraction of sp³-hybridized carbons (Fsp3) is 0.105. The molecule has 0 bridgehead atoms. The van der Waals surface area contributed by atoms with Crippen molar-refractivity contribution in [1.29, 1.82) is 0 Å².